The number of ether oxygens (including phenoxy) is 1. The van der Waals surface area contributed by atoms with Gasteiger partial charge in [0, 0.05) is 37.3 Å². The number of nitrogens with zero attached hydrogens (tertiary/aromatic N) is 3. The number of hydrogen-bond donors (Lipinski definition) is 0. The van der Waals surface area contributed by atoms with Crippen LogP contribution in [0.1, 0.15) is 27.0 Å². The van der Waals surface area contributed by atoms with Crippen molar-refractivity contribution in [3.63, 3.8) is 0 Å². The van der Waals surface area contributed by atoms with Gasteiger partial charge in [-0.2, -0.15) is 9.57 Å². The molecule has 3 aromatic carbocycles. The number of amides is 1. The lowest BCUT2D eigenvalue weighted by molar-refractivity contribution is 0.0697. The lowest BCUT2D eigenvalue weighted by Crippen LogP contribution is -2.50. The van der Waals surface area contributed by atoms with E-state index in [0.29, 0.717) is 30.0 Å². The van der Waals surface area contributed by atoms with Gasteiger partial charge in [-0.25, -0.2) is 8.42 Å². The molecule has 0 aromatic heterocycles. The summed E-state index contributed by atoms with van der Waals surface area (Å²) in [7, 11) is -3.44. The number of piperazine rings is 1. The quantitative estimate of drug-likeness (QED) is 0.522. The Hall–Kier alpha value is -3.67. The fourth-order valence-corrected chi connectivity index (χ4v) is 5.38. The first-order valence-electron chi connectivity index (χ1n) is 11.0. The van der Waals surface area contributed by atoms with Crippen LogP contribution in [0.15, 0.2) is 78.9 Å². The molecule has 0 spiro atoms. The highest BCUT2D eigenvalue weighted by Crippen LogP contribution is 2.20. The van der Waals surface area contributed by atoms with Crippen LogP contribution in [0.25, 0.3) is 0 Å². The molecule has 0 N–H and O–H groups in total. The Morgan fingerprint density at radius 1 is 0.912 bits per heavy atom. The summed E-state index contributed by atoms with van der Waals surface area (Å²) in [4.78, 5) is 14.7. The van der Waals surface area contributed by atoms with Crippen LogP contribution in [0, 0.1) is 11.3 Å². The maximum atomic E-state index is 13.0. The van der Waals surface area contributed by atoms with Crippen molar-refractivity contribution in [1.29, 1.82) is 5.26 Å². The number of rotatable bonds is 7. The van der Waals surface area contributed by atoms with Crippen LogP contribution < -0.4 is 4.74 Å². The monoisotopic (exact) mass is 475 g/mol. The van der Waals surface area contributed by atoms with E-state index in [1.54, 1.807) is 53.4 Å². The van der Waals surface area contributed by atoms with Crippen molar-refractivity contribution >= 4 is 15.9 Å². The molecule has 1 fully saturated rings. The predicted octanol–water partition coefficient (Wildman–Crippen LogP) is 3.43. The first-order chi connectivity index (χ1) is 16.5. The summed E-state index contributed by atoms with van der Waals surface area (Å²) in [6.45, 7) is 1.41. The Labute approximate surface area is 199 Å². The van der Waals surface area contributed by atoms with Crippen molar-refractivity contribution in [1.82, 2.24) is 9.21 Å². The second-order valence-electron chi connectivity index (χ2n) is 8.02. The first-order valence-corrected chi connectivity index (χ1v) is 12.6. The molecule has 3 aromatic rings. The van der Waals surface area contributed by atoms with E-state index in [2.05, 4.69) is 6.07 Å². The fourth-order valence-electron chi connectivity index (χ4n) is 3.86. The molecule has 4 rings (SSSR count). The van der Waals surface area contributed by atoms with Crippen molar-refractivity contribution in [2.24, 2.45) is 0 Å². The summed E-state index contributed by atoms with van der Waals surface area (Å²) in [5.74, 6) is 0.321. The van der Waals surface area contributed by atoms with E-state index in [1.807, 2.05) is 30.3 Å². The van der Waals surface area contributed by atoms with E-state index >= 15 is 0 Å². The van der Waals surface area contributed by atoms with E-state index in [0.717, 1.165) is 11.1 Å². The van der Waals surface area contributed by atoms with Gasteiger partial charge in [0.15, 0.2) is 0 Å². The van der Waals surface area contributed by atoms with Crippen molar-refractivity contribution in [3.05, 3.63) is 101 Å². The number of sulfonamides is 1. The van der Waals surface area contributed by atoms with Gasteiger partial charge in [0.05, 0.1) is 17.4 Å². The first kappa shape index (κ1) is 23.5. The molecule has 0 radical (unpaired) electrons. The van der Waals surface area contributed by atoms with Gasteiger partial charge in [0.1, 0.15) is 12.4 Å². The third kappa shape index (κ3) is 5.63. The smallest absolute Gasteiger partial charge is 0.254 e. The molecule has 174 valence electrons. The number of hydrogen-bond acceptors (Lipinski definition) is 5. The summed E-state index contributed by atoms with van der Waals surface area (Å²) >= 11 is 0. The van der Waals surface area contributed by atoms with E-state index in [-0.39, 0.29) is 31.4 Å². The predicted molar refractivity (Wildman–Crippen MR) is 128 cm³/mol. The maximum Gasteiger partial charge on any atom is 0.254 e. The molecular formula is C26H25N3O4S. The SMILES string of the molecule is N#Cc1ccccc1COc1cccc(C(=O)N2CCN(S(=O)(=O)Cc3ccccc3)CC2)c1. The summed E-state index contributed by atoms with van der Waals surface area (Å²) in [5, 5.41) is 9.22. The standard InChI is InChI=1S/C26H25N3O4S/c27-18-23-9-4-5-10-24(23)19-33-25-12-6-11-22(17-25)26(30)28-13-15-29(16-14-28)34(31,32)20-21-7-2-1-3-8-21/h1-12,17H,13-16,19-20H2. The van der Waals surface area contributed by atoms with Crippen molar-refractivity contribution < 1.29 is 17.9 Å². The van der Waals surface area contributed by atoms with E-state index in [1.165, 1.54) is 4.31 Å². The van der Waals surface area contributed by atoms with Crippen LogP contribution in [-0.4, -0.2) is 49.7 Å². The van der Waals surface area contributed by atoms with Gasteiger partial charge >= 0.3 is 0 Å². The highest BCUT2D eigenvalue weighted by atomic mass is 32.2. The minimum Gasteiger partial charge on any atom is -0.489 e. The number of carbonyl (C=O) groups excluding carboxylic acids is 1. The van der Waals surface area contributed by atoms with Gasteiger partial charge in [0.2, 0.25) is 10.0 Å². The minimum atomic E-state index is -3.44. The molecular weight excluding hydrogens is 450 g/mol. The average Bonchev–Trinajstić information content (AvgIpc) is 2.88. The van der Waals surface area contributed by atoms with E-state index in [4.69, 9.17) is 4.74 Å². The molecule has 8 heteroatoms. The normalized spacial score (nSPS) is 14.4. The molecule has 7 nitrogen and oxygen atoms in total. The van der Waals surface area contributed by atoms with Gasteiger partial charge in [-0.05, 0) is 29.8 Å². The Kier molecular flexibility index (Phi) is 7.26. The molecule has 1 aliphatic heterocycles. The molecule has 0 bridgehead atoms. The zero-order valence-electron chi connectivity index (χ0n) is 18.6. The van der Waals surface area contributed by atoms with Crippen molar-refractivity contribution in [2.75, 3.05) is 26.2 Å². The van der Waals surface area contributed by atoms with Gasteiger partial charge in [-0.3, -0.25) is 4.79 Å². The molecule has 0 atom stereocenters. The van der Waals surface area contributed by atoms with Crippen LogP contribution in [0.4, 0.5) is 0 Å². The minimum absolute atomic E-state index is 0.0455. The summed E-state index contributed by atoms with van der Waals surface area (Å²) in [6.07, 6.45) is 0. The van der Waals surface area contributed by atoms with Crippen LogP contribution in [0.2, 0.25) is 0 Å². The van der Waals surface area contributed by atoms with Crippen molar-refractivity contribution in [2.45, 2.75) is 12.4 Å². The third-order valence-corrected chi connectivity index (χ3v) is 7.57. The molecule has 1 saturated heterocycles. The highest BCUT2D eigenvalue weighted by Gasteiger charge is 2.29. The van der Waals surface area contributed by atoms with Gasteiger partial charge in [0.25, 0.3) is 5.91 Å². The maximum absolute atomic E-state index is 13.0. The Bertz CT molecular complexity index is 1290. The van der Waals surface area contributed by atoms with E-state index < -0.39 is 10.0 Å². The summed E-state index contributed by atoms with van der Waals surface area (Å²) in [6, 6.07) is 25.4. The summed E-state index contributed by atoms with van der Waals surface area (Å²) < 4.78 is 32.8. The zero-order valence-corrected chi connectivity index (χ0v) is 19.4. The molecule has 0 unspecified atom stereocenters. The molecule has 1 amide bonds. The average molecular weight is 476 g/mol. The zero-order chi connectivity index (χ0) is 24.0. The third-order valence-electron chi connectivity index (χ3n) is 5.72. The van der Waals surface area contributed by atoms with Gasteiger partial charge < -0.3 is 9.64 Å². The van der Waals surface area contributed by atoms with Crippen LogP contribution in [-0.2, 0) is 22.4 Å². The molecule has 34 heavy (non-hydrogen) atoms. The Morgan fingerprint density at radius 2 is 1.62 bits per heavy atom. The molecule has 1 heterocycles. The van der Waals surface area contributed by atoms with Crippen molar-refractivity contribution in [3.8, 4) is 11.8 Å². The number of nitriles is 1. The summed E-state index contributed by atoms with van der Waals surface area (Å²) in [5.41, 5.74) is 2.55. The van der Waals surface area contributed by atoms with Gasteiger partial charge in [-0.1, -0.05) is 54.6 Å². The Morgan fingerprint density at radius 3 is 2.35 bits per heavy atom. The second kappa shape index (κ2) is 10.5. The number of benzene rings is 3. The largest absolute Gasteiger partial charge is 0.489 e. The lowest BCUT2D eigenvalue weighted by atomic mass is 10.1. The number of carbonyl (C=O) groups is 1. The fraction of sp³-hybridized carbons (Fsp3) is 0.231. The van der Waals surface area contributed by atoms with Crippen LogP contribution >= 0.6 is 0 Å². The second-order valence-corrected chi connectivity index (χ2v) is 9.99. The highest BCUT2D eigenvalue weighted by molar-refractivity contribution is 7.88. The molecule has 1 aliphatic rings. The lowest BCUT2D eigenvalue weighted by Gasteiger charge is -2.34. The van der Waals surface area contributed by atoms with E-state index in [9.17, 15) is 18.5 Å². The Balaban J connectivity index is 1.35. The van der Waals surface area contributed by atoms with Gasteiger partial charge in [-0.15, -0.1) is 0 Å². The van der Waals surface area contributed by atoms with Crippen LogP contribution in [0.3, 0.4) is 0 Å². The van der Waals surface area contributed by atoms with Crippen LogP contribution in [0.5, 0.6) is 5.75 Å². The molecule has 0 saturated carbocycles. The molecule has 0 aliphatic carbocycles. The topological polar surface area (TPSA) is 90.7 Å².